The maximum atomic E-state index is 13.4. The van der Waals surface area contributed by atoms with E-state index in [-0.39, 0.29) is 24.1 Å². The molecule has 1 saturated heterocycles. The van der Waals surface area contributed by atoms with E-state index in [1.54, 1.807) is 35.2 Å². The quantitative estimate of drug-likeness (QED) is 0.0725. The molecule has 1 fully saturated rings. The van der Waals surface area contributed by atoms with Crippen molar-refractivity contribution in [2.24, 2.45) is 11.0 Å². The van der Waals surface area contributed by atoms with Crippen LogP contribution in [0.1, 0.15) is 23.2 Å². The summed E-state index contributed by atoms with van der Waals surface area (Å²) >= 11 is 7.27. The molecule has 0 bridgehead atoms. The number of fused-ring (bicyclic) bond motifs is 1. The third kappa shape index (κ3) is 5.09. The second kappa shape index (κ2) is 11.3. The summed E-state index contributed by atoms with van der Waals surface area (Å²) in [5.74, 6) is 6.58. The summed E-state index contributed by atoms with van der Waals surface area (Å²) in [6.45, 7) is 1.11. The van der Waals surface area contributed by atoms with Gasteiger partial charge in [0.1, 0.15) is 23.7 Å². The van der Waals surface area contributed by atoms with Crippen LogP contribution in [0.5, 0.6) is 0 Å². The molecule has 1 aromatic heterocycles. The summed E-state index contributed by atoms with van der Waals surface area (Å²) in [5, 5.41) is 5.10. The fourth-order valence-corrected chi connectivity index (χ4v) is 5.05. The van der Waals surface area contributed by atoms with Crippen LogP contribution in [0.4, 0.5) is 23.0 Å². The van der Waals surface area contributed by atoms with Crippen molar-refractivity contribution in [3.05, 3.63) is 52.4 Å². The van der Waals surface area contributed by atoms with Gasteiger partial charge in [0, 0.05) is 24.2 Å². The number of hydrazine groups is 1. The zero-order valence-corrected chi connectivity index (χ0v) is 21.4. The number of ether oxygens (including phenoxy) is 1. The van der Waals surface area contributed by atoms with E-state index in [0.717, 1.165) is 0 Å². The Morgan fingerprint density at radius 1 is 1.31 bits per heavy atom. The molecule has 0 spiro atoms. The van der Waals surface area contributed by atoms with E-state index < -0.39 is 12.0 Å². The molecule has 1 amide bonds. The molecule has 0 radical (unpaired) electrons. The second-order valence-electron chi connectivity index (χ2n) is 7.86. The normalized spacial score (nSPS) is 18.0. The molecular formula is C21H22ClIN8O4. The molecule has 4 rings (SSSR count). The Balaban J connectivity index is 1.75. The molecule has 12 nitrogen and oxygen atoms in total. The zero-order valence-electron chi connectivity index (χ0n) is 18.5. The highest BCUT2D eigenvalue weighted by atomic mass is 127. The van der Waals surface area contributed by atoms with Crippen LogP contribution in [0.15, 0.2) is 41.5 Å². The molecule has 0 unspecified atom stereocenters. The molecular weight excluding hydrogens is 591 g/mol. The Morgan fingerprint density at radius 3 is 2.66 bits per heavy atom. The number of azide groups is 1. The molecule has 2 aliphatic heterocycles. The van der Waals surface area contributed by atoms with Crippen LogP contribution >= 0.6 is 34.5 Å². The number of alkyl halides is 1. The predicted octanol–water partition coefficient (Wildman–Crippen LogP) is 3.81. The SMILES string of the molecule is [N-]=[N+]=NC[C@@H]1C(=O)N(CI)c2ccc(N(N)c3ccc(C(=O)OCl)cc3)nc2N1C1CCOCC1. The molecule has 1 aromatic carbocycles. The number of carbonyl (C=O) groups excluding carboxylic acids is 2. The van der Waals surface area contributed by atoms with Crippen molar-refractivity contribution in [2.45, 2.75) is 24.9 Å². The molecule has 2 N–H and O–H groups in total. The van der Waals surface area contributed by atoms with Crippen molar-refractivity contribution in [3.8, 4) is 0 Å². The van der Waals surface area contributed by atoms with Crippen LogP contribution in [0.2, 0.25) is 0 Å². The van der Waals surface area contributed by atoms with E-state index in [2.05, 4.69) is 36.9 Å². The van der Waals surface area contributed by atoms with Crippen molar-refractivity contribution in [2.75, 3.05) is 39.1 Å². The van der Waals surface area contributed by atoms with Crippen LogP contribution in [0.3, 0.4) is 0 Å². The Kier molecular flexibility index (Phi) is 8.13. The molecule has 3 heterocycles. The number of pyridine rings is 1. The number of hydrogen-bond donors (Lipinski definition) is 1. The van der Waals surface area contributed by atoms with E-state index in [1.807, 2.05) is 11.0 Å². The van der Waals surface area contributed by atoms with Gasteiger partial charge < -0.3 is 13.9 Å². The maximum Gasteiger partial charge on any atom is 0.356 e. The standard InChI is InChI=1S/C21H22ClIN8O4/c22-35-21(33)13-1-3-15(4-2-13)31(25)18-6-5-16-19(27-18)30(14-7-9-34-10-8-14)17(11-26-28-24)20(32)29(16)12-23/h1-6,14,17H,7-12,25H2/t17-/m1/s1. The van der Waals surface area contributed by atoms with Gasteiger partial charge in [0.15, 0.2) is 5.82 Å². The average molecular weight is 613 g/mol. The van der Waals surface area contributed by atoms with Gasteiger partial charge >= 0.3 is 5.97 Å². The summed E-state index contributed by atoms with van der Waals surface area (Å²) < 4.78 is 10.1. The number of halogens is 2. The number of anilines is 4. The van der Waals surface area contributed by atoms with Gasteiger partial charge in [-0.25, -0.2) is 15.6 Å². The average Bonchev–Trinajstić information content (AvgIpc) is 2.91. The van der Waals surface area contributed by atoms with E-state index in [0.29, 0.717) is 53.6 Å². The van der Waals surface area contributed by atoms with Gasteiger partial charge in [0.2, 0.25) is 0 Å². The molecule has 184 valence electrons. The van der Waals surface area contributed by atoms with Gasteiger partial charge in [0.05, 0.1) is 28.0 Å². The number of nitrogens with two attached hydrogens (primary N) is 1. The topological polar surface area (TPSA) is 150 Å². The van der Waals surface area contributed by atoms with Crippen molar-refractivity contribution in [3.63, 3.8) is 0 Å². The summed E-state index contributed by atoms with van der Waals surface area (Å²) in [6, 6.07) is 9.20. The first-order valence-electron chi connectivity index (χ1n) is 10.7. The van der Waals surface area contributed by atoms with Gasteiger partial charge in [-0.15, -0.1) is 0 Å². The highest BCUT2D eigenvalue weighted by Gasteiger charge is 2.42. The third-order valence-corrected chi connectivity index (χ3v) is 6.80. The molecule has 2 aromatic rings. The smallest absolute Gasteiger partial charge is 0.356 e. The summed E-state index contributed by atoms with van der Waals surface area (Å²) in [5.41, 5.74) is 10.4. The first-order chi connectivity index (χ1) is 17.0. The number of aromatic nitrogens is 1. The lowest BCUT2D eigenvalue weighted by molar-refractivity contribution is -0.120. The van der Waals surface area contributed by atoms with Gasteiger partial charge in [-0.05, 0) is 54.8 Å². The molecule has 35 heavy (non-hydrogen) atoms. The van der Waals surface area contributed by atoms with Crippen LogP contribution in [0.25, 0.3) is 10.4 Å². The Hall–Kier alpha value is -2.84. The Bertz CT molecular complexity index is 1140. The van der Waals surface area contributed by atoms with Gasteiger partial charge in [-0.1, -0.05) is 27.7 Å². The minimum Gasteiger partial charge on any atom is -0.381 e. The van der Waals surface area contributed by atoms with Crippen LogP contribution < -0.4 is 20.7 Å². The van der Waals surface area contributed by atoms with Crippen molar-refractivity contribution < 1.29 is 18.6 Å². The second-order valence-corrected chi connectivity index (χ2v) is 8.70. The first kappa shape index (κ1) is 25.3. The molecule has 2 aliphatic rings. The highest BCUT2D eigenvalue weighted by molar-refractivity contribution is 14.1. The monoisotopic (exact) mass is 612 g/mol. The van der Waals surface area contributed by atoms with Gasteiger partial charge in [0.25, 0.3) is 5.91 Å². The predicted molar refractivity (Wildman–Crippen MR) is 139 cm³/mol. The third-order valence-electron chi connectivity index (χ3n) is 5.98. The molecule has 14 heteroatoms. The van der Waals surface area contributed by atoms with Gasteiger partial charge in [-0.3, -0.25) is 14.7 Å². The van der Waals surface area contributed by atoms with E-state index >= 15 is 0 Å². The van der Waals surface area contributed by atoms with Crippen molar-refractivity contribution in [1.82, 2.24) is 4.98 Å². The van der Waals surface area contributed by atoms with E-state index in [9.17, 15) is 9.59 Å². The number of hydrogen-bond acceptors (Lipinski definition) is 9. The molecule has 0 saturated carbocycles. The molecule has 0 aliphatic carbocycles. The fourth-order valence-electron chi connectivity index (χ4n) is 4.26. The summed E-state index contributed by atoms with van der Waals surface area (Å²) in [6.07, 6.45) is 1.42. The minimum atomic E-state index is -0.689. The van der Waals surface area contributed by atoms with E-state index in [1.165, 1.54) is 5.01 Å². The summed E-state index contributed by atoms with van der Waals surface area (Å²) in [7, 11) is 0. The lowest BCUT2D eigenvalue weighted by atomic mass is 10.0. The molecule has 1 atom stereocenters. The van der Waals surface area contributed by atoms with Crippen molar-refractivity contribution in [1.29, 1.82) is 0 Å². The fraction of sp³-hybridized carbons (Fsp3) is 0.381. The van der Waals surface area contributed by atoms with Crippen LogP contribution in [-0.2, 0) is 13.8 Å². The van der Waals surface area contributed by atoms with Crippen molar-refractivity contribution >= 4 is 69.3 Å². The number of nitrogens with zero attached hydrogens (tertiary/aromatic N) is 7. The van der Waals surface area contributed by atoms with Crippen LogP contribution in [0, 0.1) is 0 Å². The lowest BCUT2D eigenvalue weighted by Crippen LogP contribution is -2.59. The number of rotatable bonds is 7. The van der Waals surface area contributed by atoms with Crippen LogP contribution in [-0.4, -0.2) is 53.3 Å². The zero-order chi connectivity index (χ0) is 24.9. The first-order valence-corrected chi connectivity index (χ1v) is 12.6. The van der Waals surface area contributed by atoms with Gasteiger partial charge in [-0.2, -0.15) is 0 Å². The highest BCUT2D eigenvalue weighted by Crippen LogP contribution is 2.40. The number of benzene rings is 1. The summed E-state index contributed by atoms with van der Waals surface area (Å²) in [4.78, 5) is 36.3. The maximum absolute atomic E-state index is 13.4. The Labute approximate surface area is 219 Å². The minimum absolute atomic E-state index is 0.0171. The lowest BCUT2D eigenvalue weighted by Gasteiger charge is -2.46. The number of carbonyl (C=O) groups is 2. The largest absolute Gasteiger partial charge is 0.381 e. The van der Waals surface area contributed by atoms with E-state index in [4.69, 9.17) is 33.0 Å². The number of amides is 1. The Morgan fingerprint density at radius 2 is 2.03 bits per heavy atom.